The number of benzene rings is 3. The maximum absolute atomic E-state index is 14.6. The molecule has 0 saturated heterocycles. The first kappa shape index (κ1) is 32.0. The average Bonchev–Trinajstić information content (AvgIpc) is 3.46. The molecule has 0 unspecified atom stereocenters. The first-order valence-electron chi connectivity index (χ1n) is 11.2. The number of carbonyl (C=O) groups excluding carboxylic acids is 3. The molecule has 2 atom stereocenters. The lowest BCUT2D eigenvalue weighted by Gasteiger charge is -2.14. The van der Waals surface area contributed by atoms with Crippen LogP contribution in [0.25, 0.3) is 0 Å². The minimum atomic E-state index is -5.39. The molecular formula is C25H12Cl5F6N3O3. The van der Waals surface area contributed by atoms with Gasteiger partial charge in [-0.3, -0.25) is 14.4 Å². The minimum Gasteiger partial charge on any atom is -0.326 e. The molecule has 0 aliphatic heterocycles. The Morgan fingerprint density at radius 2 is 1.38 bits per heavy atom. The maximum atomic E-state index is 14.6. The molecule has 1 fully saturated rings. The number of carbonyl (C=O) groups is 3. The fourth-order valence-corrected chi connectivity index (χ4v) is 5.27. The van der Waals surface area contributed by atoms with Crippen LogP contribution in [0.5, 0.6) is 0 Å². The van der Waals surface area contributed by atoms with E-state index < -0.39 is 79.5 Å². The Labute approximate surface area is 257 Å². The first-order chi connectivity index (χ1) is 19.4. The number of alkyl halides is 5. The van der Waals surface area contributed by atoms with Crippen molar-refractivity contribution in [1.29, 1.82) is 0 Å². The molecule has 6 nitrogen and oxygen atoms in total. The third kappa shape index (κ3) is 6.52. The molecule has 42 heavy (non-hydrogen) atoms. The van der Waals surface area contributed by atoms with Gasteiger partial charge in [-0.05, 0) is 35.9 Å². The Morgan fingerprint density at radius 1 is 0.762 bits per heavy atom. The topological polar surface area (TPSA) is 87.3 Å². The van der Waals surface area contributed by atoms with Gasteiger partial charge in [-0.1, -0.05) is 40.9 Å². The van der Waals surface area contributed by atoms with E-state index in [1.54, 1.807) is 6.07 Å². The van der Waals surface area contributed by atoms with Crippen LogP contribution in [0.2, 0.25) is 15.1 Å². The van der Waals surface area contributed by atoms with Crippen LogP contribution < -0.4 is 16.0 Å². The lowest BCUT2D eigenvalue weighted by Crippen LogP contribution is -2.30. The number of rotatable bonds is 6. The quantitative estimate of drug-likeness (QED) is 0.179. The molecule has 1 aliphatic carbocycles. The molecule has 0 spiro atoms. The Balaban J connectivity index is 1.55. The van der Waals surface area contributed by atoms with Gasteiger partial charge in [0.15, 0.2) is 0 Å². The molecule has 0 radical (unpaired) electrons. The Bertz CT molecular complexity index is 1640. The SMILES string of the molecule is O=C(Nc1cc(NC(=O)C(F)(F)F)c(F)cc1F)c1cc(NC(=O)[C@H]2[C@H](c3ccc(Cl)c(Cl)c3)C2(Cl)Cl)cc(F)c1Cl. The molecule has 3 aromatic carbocycles. The summed E-state index contributed by atoms with van der Waals surface area (Å²) >= 11 is 30.4. The number of amides is 3. The fraction of sp³-hybridized carbons (Fsp3) is 0.160. The van der Waals surface area contributed by atoms with Gasteiger partial charge in [0.05, 0.1) is 37.9 Å². The number of hydrogen-bond acceptors (Lipinski definition) is 3. The second-order valence-electron chi connectivity index (χ2n) is 8.83. The van der Waals surface area contributed by atoms with Crippen LogP contribution in [0.4, 0.5) is 43.4 Å². The molecule has 3 amide bonds. The van der Waals surface area contributed by atoms with Crippen LogP contribution >= 0.6 is 58.0 Å². The summed E-state index contributed by atoms with van der Waals surface area (Å²) in [5.41, 5.74) is -2.46. The summed E-state index contributed by atoms with van der Waals surface area (Å²) in [5, 5.41) is 5.12. The predicted octanol–water partition coefficient (Wildman–Crippen LogP) is 8.34. The molecule has 222 valence electrons. The average molecular weight is 694 g/mol. The summed E-state index contributed by atoms with van der Waals surface area (Å²) in [6, 6.07) is 6.66. The molecule has 3 N–H and O–H groups in total. The normalized spacial score (nSPS) is 17.4. The molecule has 17 heteroatoms. The zero-order valence-corrected chi connectivity index (χ0v) is 23.9. The Kier molecular flexibility index (Phi) is 8.88. The van der Waals surface area contributed by atoms with Crippen LogP contribution in [0.1, 0.15) is 21.8 Å². The van der Waals surface area contributed by atoms with Crippen molar-refractivity contribution in [1.82, 2.24) is 0 Å². The van der Waals surface area contributed by atoms with Gasteiger partial charge < -0.3 is 16.0 Å². The molecule has 0 bridgehead atoms. The molecule has 3 aromatic rings. The highest BCUT2D eigenvalue weighted by Gasteiger charge is 2.67. The number of anilines is 3. The predicted molar refractivity (Wildman–Crippen MR) is 146 cm³/mol. The third-order valence-corrected chi connectivity index (χ3v) is 8.05. The summed E-state index contributed by atoms with van der Waals surface area (Å²) in [4.78, 5) is 37.0. The molecule has 0 heterocycles. The minimum absolute atomic E-state index is 0.102. The van der Waals surface area contributed by atoms with E-state index in [1.807, 2.05) is 5.32 Å². The van der Waals surface area contributed by atoms with Crippen molar-refractivity contribution >= 4 is 92.8 Å². The van der Waals surface area contributed by atoms with E-state index in [0.29, 0.717) is 11.6 Å². The smallest absolute Gasteiger partial charge is 0.326 e. The van der Waals surface area contributed by atoms with Crippen molar-refractivity contribution in [3.63, 3.8) is 0 Å². The fourth-order valence-electron chi connectivity index (χ4n) is 3.94. The van der Waals surface area contributed by atoms with E-state index in [2.05, 4.69) is 5.32 Å². The van der Waals surface area contributed by atoms with E-state index in [9.17, 15) is 40.7 Å². The monoisotopic (exact) mass is 691 g/mol. The largest absolute Gasteiger partial charge is 0.471 e. The molecule has 1 saturated carbocycles. The van der Waals surface area contributed by atoms with E-state index in [0.717, 1.165) is 12.1 Å². The van der Waals surface area contributed by atoms with E-state index in [-0.39, 0.29) is 21.8 Å². The van der Waals surface area contributed by atoms with Crippen molar-refractivity contribution in [2.75, 3.05) is 16.0 Å². The van der Waals surface area contributed by atoms with Gasteiger partial charge >= 0.3 is 12.1 Å². The van der Waals surface area contributed by atoms with Crippen LogP contribution in [-0.4, -0.2) is 28.2 Å². The zero-order chi connectivity index (χ0) is 31.3. The summed E-state index contributed by atoms with van der Waals surface area (Å²) < 4.78 is 78.9. The van der Waals surface area contributed by atoms with Crippen LogP contribution in [0, 0.1) is 23.4 Å². The summed E-state index contributed by atoms with van der Waals surface area (Å²) in [6.45, 7) is 0. The molecular weight excluding hydrogens is 682 g/mol. The third-order valence-electron chi connectivity index (χ3n) is 5.99. The second-order valence-corrected chi connectivity index (χ2v) is 11.5. The van der Waals surface area contributed by atoms with Gasteiger partial charge in [0.1, 0.15) is 21.8 Å². The van der Waals surface area contributed by atoms with Crippen molar-refractivity contribution in [2.45, 2.75) is 16.4 Å². The molecule has 4 rings (SSSR count). The van der Waals surface area contributed by atoms with Crippen LogP contribution in [-0.2, 0) is 9.59 Å². The van der Waals surface area contributed by atoms with Crippen molar-refractivity contribution in [3.8, 4) is 0 Å². The summed E-state index contributed by atoms with van der Waals surface area (Å²) in [7, 11) is 0. The van der Waals surface area contributed by atoms with Gasteiger partial charge in [-0.2, -0.15) is 13.2 Å². The highest BCUT2D eigenvalue weighted by atomic mass is 35.5. The first-order valence-corrected chi connectivity index (χ1v) is 13.1. The molecule has 1 aliphatic rings. The standard InChI is InChI=1S/C25H12Cl5F6N3O3/c26-11-2-1-8(3-12(11)27)18-19(24(18,29)30)22(41)37-9-4-10(20(28)15(33)5-9)21(40)38-16-7-17(14(32)6-13(16)31)39-23(42)25(34,35)36/h1-7,18-19H,(H,37,41)(H,38,40)(H,39,42)/t18-,19+/m0/s1. The van der Waals surface area contributed by atoms with Gasteiger partial charge in [0.25, 0.3) is 5.91 Å². The maximum Gasteiger partial charge on any atom is 0.471 e. The van der Waals surface area contributed by atoms with Crippen molar-refractivity contribution in [3.05, 3.63) is 86.1 Å². The Hall–Kier alpha value is -2.90. The summed E-state index contributed by atoms with van der Waals surface area (Å²) in [5.74, 6) is -10.7. The van der Waals surface area contributed by atoms with Gasteiger partial charge in [-0.25, -0.2) is 13.2 Å². The van der Waals surface area contributed by atoms with E-state index in [1.165, 1.54) is 17.4 Å². The summed E-state index contributed by atoms with van der Waals surface area (Å²) in [6.07, 6.45) is -5.39. The molecule has 0 aromatic heterocycles. The number of hydrogen-bond donors (Lipinski definition) is 3. The van der Waals surface area contributed by atoms with Gasteiger partial charge in [0.2, 0.25) is 5.91 Å². The van der Waals surface area contributed by atoms with Crippen LogP contribution in [0.3, 0.4) is 0 Å². The van der Waals surface area contributed by atoms with E-state index >= 15 is 0 Å². The lowest BCUT2D eigenvalue weighted by atomic mass is 10.1. The number of halogens is 11. The van der Waals surface area contributed by atoms with E-state index in [4.69, 9.17) is 58.0 Å². The van der Waals surface area contributed by atoms with Crippen molar-refractivity contribution in [2.24, 2.45) is 5.92 Å². The highest BCUT2D eigenvalue weighted by Crippen LogP contribution is 2.65. The zero-order valence-electron chi connectivity index (χ0n) is 20.1. The second kappa shape index (κ2) is 11.6. The highest BCUT2D eigenvalue weighted by molar-refractivity contribution is 6.53. The Morgan fingerprint density at radius 3 is 1.98 bits per heavy atom. The van der Waals surface area contributed by atoms with Gasteiger partial charge in [0, 0.05) is 17.7 Å². The van der Waals surface area contributed by atoms with Gasteiger partial charge in [-0.15, -0.1) is 23.2 Å². The lowest BCUT2D eigenvalue weighted by molar-refractivity contribution is -0.167. The van der Waals surface area contributed by atoms with Crippen LogP contribution in [0.15, 0.2) is 42.5 Å². The van der Waals surface area contributed by atoms with Crippen molar-refractivity contribution < 1.29 is 40.7 Å². The number of nitrogens with one attached hydrogen (secondary N) is 3.